The molecule has 0 fully saturated rings. The Morgan fingerprint density at radius 3 is 2.94 bits per heavy atom. The number of carboxylic acid groups (broad SMARTS) is 1. The maximum Gasteiger partial charge on any atom is 0.371 e. The summed E-state index contributed by atoms with van der Waals surface area (Å²) in [6.07, 6.45) is 6.31. The molecule has 0 saturated carbocycles. The van der Waals surface area contributed by atoms with Gasteiger partial charge < -0.3 is 9.52 Å². The molecule has 1 N–H and O–H groups in total. The summed E-state index contributed by atoms with van der Waals surface area (Å²) in [5.74, 6) is -1.16. The number of rotatable bonds is 2. The summed E-state index contributed by atoms with van der Waals surface area (Å²) in [5.41, 5.74) is 1.71. The lowest BCUT2D eigenvalue weighted by molar-refractivity contribution is 0.0661. The van der Waals surface area contributed by atoms with Gasteiger partial charge in [-0.1, -0.05) is 18.2 Å². The van der Waals surface area contributed by atoms with Gasteiger partial charge in [0.15, 0.2) is 4.67 Å². The first-order valence-corrected chi connectivity index (χ1v) is 5.85. The molecule has 0 saturated heterocycles. The van der Waals surface area contributed by atoms with Crippen LogP contribution in [0.25, 0.3) is 5.57 Å². The van der Waals surface area contributed by atoms with E-state index in [9.17, 15) is 4.79 Å². The minimum absolute atomic E-state index is 0.0601. The smallest absolute Gasteiger partial charge is 0.371 e. The molecule has 0 aliphatic heterocycles. The summed E-state index contributed by atoms with van der Waals surface area (Å²) >= 11 is 9.20. The molecular weight excluding hydrogens is 295 g/mol. The van der Waals surface area contributed by atoms with E-state index in [4.69, 9.17) is 21.1 Å². The highest BCUT2D eigenvalue weighted by molar-refractivity contribution is 9.10. The highest BCUT2D eigenvalue weighted by Crippen LogP contribution is 2.33. The third-order valence-corrected chi connectivity index (χ3v) is 3.16. The Balaban J connectivity index is 2.37. The topological polar surface area (TPSA) is 50.4 Å². The highest BCUT2D eigenvalue weighted by Gasteiger charge is 2.19. The number of allylic oxidation sites excluding steroid dienone is 4. The number of carboxylic acids is 1. The first-order chi connectivity index (χ1) is 7.58. The van der Waals surface area contributed by atoms with E-state index in [-0.39, 0.29) is 11.1 Å². The fourth-order valence-electron chi connectivity index (χ4n) is 1.53. The van der Waals surface area contributed by atoms with Crippen LogP contribution in [0, 0.1) is 0 Å². The molecule has 0 amide bonds. The predicted octanol–water partition coefficient (Wildman–Crippen LogP) is 3.69. The molecule has 1 aliphatic rings. The van der Waals surface area contributed by atoms with Gasteiger partial charge in [-0.15, -0.1) is 11.6 Å². The van der Waals surface area contributed by atoms with Gasteiger partial charge in [0.25, 0.3) is 0 Å². The van der Waals surface area contributed by atoms with E-state index in [0.717, 1.165) is 11.1 Å². The van der Waals surface area contributed by atoms with Crippen molar-refractivity contribution >= 4 is 39.1 Å². The largest absolute Gasteiger partial charge is 0.475 e. The van der Waals surface area contributed by atoms with Crippen LogP contribution >= 0.6 is 27.5 Å². The van der Waals surface area contributed by atoms with Crippen LogP contribution in [-0.4, -0.2) is 16.5 Å². The van der Waals surface area contributed by atoms with Gasteiger partial charge >= 0.3 is 5.97 Å². The number of furan rings is 1. The van der Waals surface area contributed by atoms with Gasteiger partial charge in [0.2, 0.25) is 5.76 Å². The van der Waals surface area contributed by atoms with Crippen molar-refractivity contribution in [3.05, 3.63) is 40.3 Å². The Kier molecular flexibility index (Phi) is 3.21. The molecule has 3 nitrogen and oxygen atoms in total. The van der Waals surface area contributed by atoms with E-state index in [2.05, 4.69) is 15.9 Å². The lowest BCUT2D eigenvalue weighted by atomic mass is 9.99. The zero-order valence-electron chi connectivity index (χ0n) is 8.11. The molecule has 0 bridgehead atoms. The van der Waals surface area contributed by atoms with Gasteiger partial charge in [0.05, 0.1) is 5.38 Å². The number of hydrogen-bond acceptors (Lipinski definition) is 2. The summed E-state index contributed by atoms with van der Waals surface area (Å²) in [7, 11) is 0. The first-order valence-electron chi connectivity index (χ1n) is 4.62. The zero-order chi connectivity index (χ0) is 11.7. The van der Waals surface area contributed by atoms with Crippen molar-refractivity contribution in [2.24, 2.45) is 0 Å². The van der Waals surface area contributed by atoms with Crippen LogP contribution in [0.1, 0.15) is 22.5 Å². The molecule has 1 heterocycles. The van der Waals surface area contributed by atoms with Crippen molar-refractivity contribution in [1.29, 1.82) is 0 Å². The van der Waals surface area contributed by atoms with Gasteiger partial charge in [-0.05, 0) is 27.9 Å². The van der Waals surface area contributed by atoms with Gasteiger partial charge in [0, 0.05) is 11.6 Å². The first kappa shape index (κ1) is 11.5. The fourth-order valence-corrected chi connectivity index (χ4v) is 2.33. The van der Waals surface area contributed by atoms with Crippen LogP contribution in [-0.2, 0) is 0 Å². The number of alkyl halides is 1. The van der Waals surface area contributed by atoms with Crippen LogP contribution in [0.4, 0.5) is 0 Å². The molecule has 1 aromatic heterocycles. The second-order valence-corrected chi connectivity index (χ2v) is 4.68. The van der Waals surface area contributed by atoms with E-state index >= 15 is 0 Å². The Labute approximate surface area is 106 Å². The summed E-state index contributed by atoms with van der Waals surface area (Å²) in [4.78, 5) is 10.7. The third kappa shape index (κ3) is 2.23. The second-order valence-electron chi connectivity index (χ2n) is 3.40. The molecule has 5 heteroatoms. The lowest BCUT2D eigenvalue weighted by Gasteiger charge is -2.11. The van der Waals surface area contributed by atoms with E-state index in [1.165, 1.54) is 6.07 Å². The standard InChI is InChI=1S/C11H8BrClO3/c12-10-8(5-9(16-10)11(14)15)6-2-1-3-7(13)4-6/h1-3,5,7H,4H2,(H,14,15). The van der Waals surface area contributed by atoms with E-state index in [1.807, 2.05) is 18.2 Å². The molecule has 1 unspecified atom stereocenters. The molecule has 1 aliphatic carbocycles. The van der Waals surface area contributed by atoms with Crippen molar-refractivity contribution in [3.63, 3.8) is 0 Å². The molecular formula is C11H8BrClO3. The Morgan fingerprint density at radius 1 is 1.62 bits per heavy atom. The van der Waals surface area contributed by atoms with Gasteiger partial charge in [-0.2, -0.15) is 0 Å². The highest BCUT2D eigenvalue weighted by atomic mass is 79.9. The maximum atomic E-state index is 10.7. The number of carbonyl (C=O) groups is 1. The molecule has 1 aromatic rings. The van der Waals surface area contributed by atoms with E-state index < -0.39 is 5.97 Å². The average Bonchev–Trinajstić information content (AvgIpc) is 2.60. The molecule has 84 valence electrons. The number of halogens is 2. The van der Waals surface area contributed by atoms with Crippen LogP contribution in [0.2, 0.25) is 0 Å². The van der Waals surface area contributed by atoms with E-state index in [1.54, 1.807) is 0 Å². The minimum Gasteiger partial charge on any atom is -0.475 e. The van der Waals surface area contributed by atoms with Crippen LogP contribution < -0.4 is 0 Å². The quantitative estimate of drug-likeness (QED) is 0.848. The monoisotopic (exact) mass is 302 g/mol. The van der Waals surface area contributed by atoms with Gasteiger partial charge in [0.1, 0.15) is 0 Å². The fraction of sp³-hybridized carbons (Fsp3) is 0.182. The average molecular weight is 304 g/mol. The van der Waals surface area contributed by atoms with Crippen molar-refractivity contribution < 1.29 is 14.3 Å². The maximum absolute atomic E-state index is 10.7. The molecule has 0 aromatic carbocycles. The second kappa shape index (κ2) is 4.47. The summed E-state index contributed by atoms with van der Waals surface area (Å²) in [6.45, 7) is 0. The minimum atomic E-state index is -1.08. The summed E-state index contributed by atoms with van der Waals surface area (Å²) in [6, 6.07) is 1.50. The molecule has 16 heavy (non-hydrogen) atoms. The SMILES string of the molecule is O=C(O)c1cc(C2=CC=CC(Cl)C2)c(Br)o1. The van der Waals surface area contributed by atoms with Crippen LogP contribution in [0.5, 0.6) is 0 Å². The number of aromatic carboxylic acids is 1. The summed E-state index contributed by atoms with van der Waals surface area (Å²) in [5, 5.41) is 8.74. The normalized spacial score (nSPS) is 19.6. The van der Waals surface area contributed by atoms with Crippen molar-refractivity contribution in [3.8, 4) is 0 Å². The lowest BCUT2D eigenvalue weighted by Crippen LogP contribution is -1.99. The van der Waals surface area contributed by atoms with Crippen molar-refractivity contribution in [1.82, 2.24) is 0 Å². The predicted molar refractivity (Wildman–Crippen MR) is 64.7 cm³/mol. The van der Waals surface area contributed by atoms with E-state index in [0.29, 0.717) is 11.1 Å². The van der Waals surface area contributed by atoms with Gasteiger partial charge in [-0.3, -0.25) is 0 Å². The number of hydrogen-bond donors (Lipinski definition) is 1. The summed E-state index contributed by atoms with van der Waals surface area (Å²) < 4.78 is 5.50. The molecule has 0 radical (unpaired) electrons. The Hall–Kier alpha value is -1.000. The third-order valence-electron chi connectivity index (χ3n) is 2.28. The molecule has 1 atom stereocenters. The molecule has 0 spiro atoms. The van der Waals surface area contributed by atoms with Crippen LogP contribution in [0.15, 0.2) is 33.4 Å². The Bertz CT molecular complexity index is 487. The van der Waals surface area contributed by atoms with Gasteiger partial charge in [-0.25, -0.2) is 4.79 Å². The van der Waals surface area contributed by atoms with Crippen molar-refractivity contribution in [2.75, 3.05) is 0 Å². The molecule has 2 rings (SSSR count). The zero-order valence-corrected chi connectivity index (χ0v) is 10.5. The Morgan fingerprint density at radius 2 is 2.38 bits per heavy atom. The van der Waals surface area contributed by atoms with Crippen molar-refractivity contribution in [2.45, 2.75) is 11.8 Å². The van der Waals surface area contributed by atoms with Crippen LogP contribution in [0.3, 0.4) is 0 Å².